The lowest BCUT2D eigenvalue weighted by atomic mass is 9.91. The van der Waals surface area contributed by atoms with Crippen LogP contribution in [0.5, 0.6) is 0 Å². The molecule has 0 saturated carbocycles. The molecule has 1 N–H and O–H groups in total. The van der Waals surface area contributed by atoms with Crippen LogP contribution in [0.1, 0.15) is 26.5 Å². The van der Waals surface area contributed by atoms with E-state index >= 15 is 0 Å². The van der Waals surface area contributed by atoms with Crippen molar-refractivity contribution in [2.24, 2.45) is 0 Å². The lowest BCUT2D eigenvalue weighted by Gasteiger charge is -2.20. The van der Waals surface area contributed by atoms with Gasteiger partial charge in [0.15, 0.2) is 0 Å². The Morgan fingerprint density at radius 1 is 1.05 bits per heavy atom. The van der Waals surface area contributed by atoms with E-state index in [0.717, 1.165) is 5.69 Å². The standard InChI is InChI=1S/C15H15Cl2FN2/c1-15(2,3)14-10(16)5-7-13(20-14)19-12-6-4-9(18)8-11(12)17/h4-8H,1-3H3,(H,19,20). The van der Waals surface area contributed by atoms with E-state index in [1.807, 2.05) is 20.8 Å². The van der Waals surface area contributed by atoms with Crippen LogP contribution in [0.3, 0.4) is 0 Å². The van der Waals surface area contributed by atoms with Crippen LogP contribution in [0.15, 0.2) is 30.3 Å². The Kier molecular flexibility index (Phi) is 4.21. The van der Waals surface area contributed by atoms with E-state index in [-0.39, 0.29) is 11.2 Å². The maximum Gasteiger partial charge on any atom is 0.130 e. The van der Waals surface area contributed by atoms with E-state index in [2.05, 4.69) is 10.3 Å². The number of hydrogen-bond donors (Lipinski definition) is 1. The molecule has 2 aromatic rings. The number of nitrogens with zero attached hydrogens (tertiary/aromatic N) is 1. The van der Waals surface area contributed by atoms with Crippen LogP contribution in [0.25, 0.3) is 0 Å². The van der Waals surface area contributed by atoms with Gasteiger partial charge < -0.3 is 5.32 Å². The Labute approximate surface area is 127 Å². The number of pyridine rings is 1. The van der Waals surface area contributed by atoms with E-state index in [1.165, 1.54) is 12.1 Å². The third-order valence-corrected chi connectivity index (χ3v) is 3.37. The molecule has 106 valence electrons. The Bertz CT molecular complexity index is 636. The second-order valence-corrected chi connectivity index (χ2v) is 6.34. The zero-order chi connectivity index (χ0) is 14.9. The molecule has 0 amide bonds. The van der Waals surface area contributed by atoms with Gasteiger partial charge in [-0.25, -0.2) is 9.37 Å². The molecule has 0 aliphatic carbocycles. The van der Waals surface area contributed by atoms with Gasteiger partial charge in [0, 0.05) is 5.41 Å². The van der Waals surface area contributed by atoms with Crippen LogP contribution in [-0.2, 0) is 5.41 Å². The summed E-state index contributed by atoms with van der Waals surface area (Å²) in [6.07, 6.45) is 0. The maximum atomic E-state index is 13.0. The molecule has 0 aliphatic heterocycles. The summed E-state index contributed by atoms with van der Waals surface area (Å²) in [5.74, 6) is 0.243. The number of aromatic nitrogens is 1. The number of nitrogens with one attached hydrogen (secondary N) is 1. The van der Waals surface area contributed by atoms with Crippen molar-refractivity contribution in [2.45, 2.75) is 26.2 Å². The van der Waals surface area contributed by atoms with Crippen LogP contribution in [0.4, 0.5) is 15.9 Å². The predicted octanol–water partition coefficient (Wildman–Crippen LogP) is 5.57. The molecule has 0 radical (unpaired) electrons. The third kappa shape index (κ3) is 3.41. The molecule has 0 bridgehead atoms. The highest BCUT2D eigenvalue weighted by molar-refractivity contribution is 6.33. The average Bonchev–Trinajstić information content (AvgIpc) is 2.33. The smallest absolute Gasteiger partial charge is 0.130 e. The minimum Gasteiger partial charge on any atom is -0.339 e. The molecule has 2 nitrogen and oxygen atoms in total. The third-order valence-electron chi connectivity index (χ3n) is 2.75. The summed E-state index contributed by atoms with van der Waals surface area (Å²) >= 11 is 12.2. The lowest BCUT2D eigenvalue weighted by Crippen LogP contribution is -2.15. The monoisotopic (exact) mass is 312 g/mol. The second-order valence-electron chi connectivity index (χ2n) is 5.53. The van der Waals surface area contributed by atoms with E-state index in [0.29, 0.717) is 21.6 Å². The van der Waals surface area contributed by atoms with E-state index in [1.54, 1.807) is 18.2 Å². The molecule has 0 spiro atoms. The Morgan fingerprint density at radius 2 is 1.75 bits per heavy atom. The van der Waals surface area contributed by atoms with Crippen molar-refractivity contribution < 1.29 is 4.39 Å². The van der Waals surface area contributed by atoms with E-state index in [9.17, 15) is 4.39 Å². The molecule has 1 heterocycles. The maximum absolute atomic E-state index is 13.0. The van der Waals surface area contributed by atoms with Gasteiger partial charge in [0.25, 0.3) is 0 Å². The van der Waals surface area contributed by atoms with Crippen LogP contribution >= 0.6 is 23.2 Å². The summed E-state index contributed by atoms with van der Waals surface area (Å²) in [7, 11) is 0. The first-order valence-corrected chi connectivity index (χ1v) is 6.92. The van der Waals surface area contributed by atoms with Gasteiger partial charge in [-0.05, 0) is 30.3 Å². The largest absolute Gasteiger partial charge is 0.339 e. The van der Waals surface area contributed by atoms with Crippen LogP contribution in [0, 0.1) is 5.82 Å². The van der Waals surface area contributed by atoms with Gasteiger partial charge in [0.2, 0.25) is 0 Å². The summed E-state index contributed by atoms with van der Waals surface area (Å²) in [5, 5.41) is 3.99. The SMILES string of the molecule is CC(C)(C)c1nc(Nc2ccc(F)cc2Cl)ccc1Cl. The predicted molar refractivity (Wildman–Crippen MR) is 82.6 cm³/mol. The zero-order valence-corrected chi connectivity index (χ0v) is 13.0. The van der Waals surface area contributed by atoms with Crippen molar-refractivity contribution >= 4 is 34.7 Å². The highest BCUT2D eigenvalue weighted by Crippen LogP contribution is 2.31. The van der Waals surface area contributed by atoms with Crippen molar-refractivity contribution in [3.8, 4) is 0 Å². The average molecular weight is 313 g/mol. The molecule has 5 heteroatoms. The summed E-state index contributed by atoms with van der Waals surface area (Å²) < 4.78 is 13.0. The topological polar surface area (TPSA) is 24.9 Å². The Morgan fingerprint density at radius 3 is 2.35 bits per heavy atom. The van der Waals surface area contributed by atoms with Crippen molar-refractivity contribution in [1.82, 2.24) is 4.98 Å². The van der Waals surface area contributed by atoms with Crippen molar-refractivity contribution in [2.75, 3.05) is 5.32 Å². The molecule has 2 rings (SSSR count). The fraction of sp³-hybridized carbons (Fsp3) is 0.267. The van der Waals surface area contributed by atoms with Crippen LogP contribution < -0.4 is 5.32 Å². The van der Waals surface area contributed by atoms with Gasteiger partial charge in [-0.15, -0.1) is 0 Å². The minimum absolute atomic E-state index is 0.165. The molecular weight excluding hydrogens is 298 g/mol. The number of benzene rings is 1. The first-order valence-electron chi connectivity index (χ1n) is 6.16. The fourth-order valence-corrected chi connectivity index (χ4v) is 2.37. The number of rotatable bonds is 2. The summed E-state index contributed by atoms with van der Waals surface area (Å²) in [6.45, 7) is 6.11. The molecule has 0 fully saturated rings. The first kappa shape index (κ1) is 15.1. The first-order chi connectivity index (χ1) is 9.27. The normalized spacial score (nSPS) is 11.5. The zero-order valence-electron chi connectivity index (χ0n) is 11.5. The van der Waals surface area contributed by atoms with Crippen LogP contribution in [-0.4, -0.2) is 4.98 Å². The van der Waals surface area contributed by atoms with Crippen molar-refractivity contribution in [1.29, 1.82) is 0 Å². The molecule has 0 aliphatic rings. The molecular formula is C15H15Cl2FN2. The highest BCUT2D eigenvalue weighted by Gasteiger charge is 2.19. The van der Waals surface area contributed by atoms with Crippen molar-refractivity contribution in [3.05, 3.63) is 51.9 Å². The molecule has 0 unspecified atom stereocenters. The Hall–Kier alpha value is -1.32. The molecule has 1 aromatic heterocycles. The second kappa shape index (κ2) is 5.58. The van der Waals surface area contributed by atoms with Gasteiger partial charge in [-0.2, -0.15) is 0 Å². The van der Waals surface area contributed by atoms with Gasteiger partial charge in [-0.3, -0.25) is 0 Å². The summed E-state index contributed by atoms with van der Waals surface area (Å²) in [4.78, 5) is 4.51. The molecule has 0 atom stereocenters. The van der Waals surface area contributed by atoms with Gasteiger partial charge in [-0.1, -0.05) is 44.0 Å². The summed E-state index contributed by atoms with van der Waals surface area (Å²) in [5.41, 5.74) is 1.23. The van der Waals surface area contributed by atoms with Crippen LogP contribution in [0.2, 0.25) is 10.0 Å². The summed E-state index contributed by atoms with van der Waals surface area (Å²) in [6, 6.07) is 7.72. The highest BCUT2D eigenvalue weighted by atomic mass is 35.5. The number of halogens is 3. The van der Waals surface area contributed by atoms with Crippen molar-refractivity contribution in [3.63, 3.8) is 0 Å². The lowest BCUT2D eigenvalue weighted by molar-refractivity contribution is 0.570. The van der Waals surface area contributed by atoms with Gasteiger partial charge >= 0.3 is 0 Å². The minimum atomic E-state index is -0.375. The van der Waals surface area contributed by atoms with Gasteiger partial charge in [0.05, 0.1) is 21.4 Å². The fourth-order valence-electron chi connectivity index (χ4n) is 1.77. The quantitative estimate of drug-likeness (QED) is 0.784. The number of anilines is 2. The molecule has 0 saturated heterocycles. The number of hydrogen-bond acceptors (Lipinski definition) is 2. The Balaban J connectivity index is 2.35. The molecule has 1 aromatic carbocycles. The molecule has 20 heavy (non-hydrogen) atoms. The van der Waals surface area contributed by atoms with Gasteiger partial charge in [0.1, 0.15) is 11.6 Å². The van der Waals surface area contributed by atoms with E-state index in [4.69, 9.17) is 23.2 Å². The van der Waals surface area contributed by atoms with E-state index < -0.39 is 0 Å².